The van der Waals surface area contributed by atoms with Crippen LogP contribution in [0, 0.1) is 0 Å². The lowest BCUT2D eigenvalue weighted by Gasteiger charge is -2.04. The fourth-order valence-corrected chi connectivity index (χ4v) is 1.55. The minimum Gasteiger partial charge on any atom is -0.369 e. The summed E-state index contributed by atoms with van der Waals surface area (Å²) in [5, 5.41) is 1.06. The molecule has 0 bridgehead atoms. The summed E-state index contributed by atoms with van der Waals surface area (Å²) in [4.78, 5) is 0. The number of hydrogen-bond donors (Lipinski definition) is 0. The second-order valence-corrected chi connectivity index (χ2v) is 3.95. The van der Waals surface area contributed by atoms with Crippen LogP contribution in [-0.4, -0.2) is 18.0 Å². The molecule has 0 saturated heterocycles. The Kier molecular flexibility index (Phi) is 4.02. The Morgan fingerprint density at radius 1 is 1.83 bits per heavy atom. The van der Waals surface area contributed by atoms with Crippen molar-refractivity contribution in [2.75, 3.05) is 11.9 Å². The topological polar surface area (TPSA) is 9.23 Å². The predicted molar refractivity (Wildman–Crippen MR) is 55.7 cm³/mol. The van der Waals surface area contributed by atoms with Crippen LogP contribution in [0.5, 0.6) is 0 Å². The number of rotatable bonds is 4. The summed E-state index contributed by atoms with van der Waals surface area (Å²) in [5.74, 6) is 0. The molecule has 0 aromatic heterocycles. The smallest absolute Gasteiger partial charge is 0.0767 e. The van der Waals surface area contributed by atoms with Gasteiger partial charge in [0.25, 0.3) is 0 Å². The minimum atomic E-state index is 0.328. The average Bonchev–Trinajstić information content (AvgIpc) is 2.48. The van der Waals surface area contributed by atoms with Crippen molar-refractivity contribution in [3.63, 3.8) is 0 Å². The third kappa shape index (κ3) is 2.76. The zero-order chi connectivity index (χ0) is 8.97. The van der Waals surface area contributed by atoms with Crippen LogP contribution < -0.4 is 0 Å². The lowest BCUT2D eigenvalue weighted by Crippen LogP contribution is -2.03. The van der Waals surface area contributed by atoms with Crippen molar-refractivity contribution in [3.05, 3.63) is 23.8 Å². The highest BCUT2D eigenvalue weighted by Gasteiger charge is 2.15. The molecule has 0 radical (unpaired) electrons. The summed E-state index contributed by atoms with van der Waals surface area (Å²) in [6.45, 7) is 6.68. The van der Waals surface area contributed by atoms with Crippen molar-refractivity contribution >= 4 is 15.9 Å². The molecule has 0 aliphatic carbocycles. The first-order valence-corrected chi connectivity index (χ1v) is 5.40. The van der Waals surface area contributed by atoms with E-state index in [-0.39, 0.29) is 0 Å². The molecule has 1 unspecified atom stereocenters. The van der Waals surface area contributed by atoms with Gasteiger partial charge in [-0.3, -0.25) is 0 Å². The van der Waals surface area contributed by atoms with Crippen molar-refractivity contribution in [2.24, 2.45) is 0 Å². The van der Waals surface area contributed by atoms with Crippen molar-refractivity contribution in [3.8, 4) is 0 Å². The van der Waals surface area contributed by atoms with E-state index in [2.05, 4.69) is 28.6 Å². The van der Waals surface area contributed by atoms with Gasteiger partial charge in [0.1, 0.15) is 0 Å². The molecule has 0 saturated carbocycles. The maximum atomic E-state index is 5.55. The predicted octanol–water partition coefficient (Wildman–Crippen LogP) is 3.06. The van der Waals surface area contributed by atoms with Crippen molar-refractivity contribution < 1.29 is 4.74 Å². The van der Waals surface area contributed by atoms with Crippen LogP contribution in [-0.2, 0) is 4.74 Å². The van der Waals surface area contributed by atoms with Crippen LogP contribution in [0.4, 0.5) is 0 Å². The summed E-state index contributed by atoms with van der Waals surface area (Å²) in [7, 11) is 0. The van der Waals surface area contributed by atoms with Crippen molar-refractivity contribution in [1.29, 1.82) is 0 Å². The molecular weight excluding hydrogens is 216 g/mol. The quantitative estimate of drug-likeness (QED) is 0.675. The Labute approximate surface area is 82.6 Å². The first-order chi connectivity index (χ1) is 5.74. The molecule has 0 aromatic rings. The molecule has 1 rings (SSSR count). The Hall–Kier alpha value is -0.0800. The Morgan fingerprint density at radius 3 is 3.08 bits per heavy atom. The molecule has 1 nitrogen and oxygen atoms in total. The van der Waals surface area contributed by atoms with Gasteiger partial charge in [0.15, 0.2) is 0 Å². The van der Waals surface area contributed by atoms with Crippen LogP contribution in [0.25, 0.3) is 0 Å². The summed E-state index contributed by atoms with van der Waals surface area (Å²) < 4.78 is 5.55. The summed E-state index contributed by atoms with van der Waals surface area (Å²) in [6, 6.07) is 0. The molecule has 1 aliphatic rings. The van der Waals surface area contributed by atoms with E-state index in [0.29, 0.717) is 6.10 Å². The lowest BCUT2D eigenvalue weighted by atomic mass is 10.1. The van der Waals surface area contributed by atoms with Gasteiger partial charge in [-0.15, -0.1) is 0 Å². The summed E-state index contributed by atoms with van der Waals surface area (Å²) in [6.07, 6.45) is 4.81. The van der Waals surface area contributed by atoms with E-state index in [9.17, 15) is 0 Å². The minimum absolute atomic E-state index is 0.328. The maximum Gasteiger partial charge on any atom is 0.0767 e. The van der Waals surface area contributed by atoms with Gasteiger partial charge in [0.2, 0.25) is 0 Å². The monoisotopic (exact) mass is 230 g/mol. The van der Waals surface area contributed by atoms with E-state index >= 15 is 0 Å². The summed E-state index contributed by atoms with van der Waals surface area (Å²) in [5.41, 5.74) is 2.41. The molecule has 1 heterocycles. The molecule has 2 heteroatoms. The Morgan fingerprint density at radius 2 is 2.58 bits per heavy atom. The van der Waals surface area contributed by atoms with Crippen LogP contribution >= 0.6 is 15.9 Å². The molecule has 1 atom stereocenters. The van der Waals surface area contributed by atoms with E-state index in [0.717, 1.165) is 23.9 Å². The van der Waals surface area contributed by atoms with Gasteiger partial charge in [-0.05, 0) is 25.3 Å². The average molecular weight is 231 g/mol. The molecule has 0 amide bonds. The standard InChI is InChI=1S/C10H15BrO/c1-8(2)9-6-10(12-7-9)4-3-5-11/h6,10H,1,3-5,7H2,2H3. The van der Waals surface area contributed by atoms with Crippen molar-refractivity contribution in [2.45, 2.75) is 25.9 Å². The van der Waals surface area contributed by atoms with Gasteiger partial charge in [0.05, 0.1) is 12.7 Å². The maximum absolute atomic E-state index is 5.55. The highest BCUT2D eigenvalue weighted by atomic mass is 79.9. The van der Waals surface area contributed by atoms with E-state index in [1.807, 2.05) is 6.92 Å². The largest absolute Gasteiger partial charge is 0.369 e. The number of hydrogen-bond acceptors (Lipinski definition) is 1. The van der Waals surface area contributed by atoms with Gasteiger partial charge >= 0.3 is 0 Å². The molecule has 0 fully saturated rings. The van der Waals surface area contributed by atoms with Crippen LogP contribution in [0.2, 0.25) is 0 Å². The van der Waals surface area contributed by atoms with Gasteiger partial charge in [-0.2, -0.15) is 0 Å². The second kappa shape index (κ2) is 4.83. The van der Waals surface area contributed by atoms with Crippen molar-refractivity contribution in [1.82, 2.24) is 0 Å². The fourth-order valence-electron chi connectivity index (χ4n) is 1.23. The second-order valence-electron chi connectivity index (χ2n) is 3.15. The van der Waals surface area contributed by atoms with Crippen LogP contribution in [0.3, 0.4) is 0 Å². The van der Waals surface area contributed by atoms with E-state index in [1.54, 1.807) is 0 Å². The molecule has 68 valence electrons. The zero-order valence-electron chi connectivity index (χ0n) is 7.48. The first kappa shape index (κ1) is 10.0. The molecule has 12 heavy (non-hydrogen) atoms. The molecule has 0 N–H and O–H groups in total. The zero-order valence-corrected chi connectivity index (χ0v) is 9.06. The summed E-state index contributed by atoms with van der Waals surface area (Å²) >= 11 is 3.41. The van der Waals surface area contributed by atoms with Crippen LogP contribution in [0.15, 0.2) is 23.8 Å². The highest BCUT2D eigenvalue weighted by Crippen LogP contribution is 2.20. The van der Waals surface area contributed by atoms with E-state index in [4.69, 9.17) is 4.74 Å². The molecule has 1 aliphatic heterocycles. The number of alkyl halides is 1. The number of halogens is 1. The lowest BCUT2D eigenvalue weighted by molar-refractivity contribution is 0.119. The van der Waals surface area contributed by atoms with Gasteiger partial charge < -0.3 is 4.74 Å². The number of ether oxygens (including phenoxy) is 1. The van der Waals surface area contributed by atoms with E-state index < -0.39 is 0 Å². The van der Waals surface area contributed by atoms with Crippen LogP contribution in [0.1, 0.15) is 19.8 Å². The molecule has 0 spiro atoms. The Bertz CT molecular complexity index is 196. The highest BCUT2D eigenvalue weighted by molar-refractivity contribution is 9.09. The third-order valence-electron chi connectivity index (χ3n) is 2.01. The normalized spacial score (nSPS) is 22.5. The van der Waals surface area contributed by atoms with Gasteiger partial charge in [-0.1, -0.05) is 34.2 Å². The SMILES string of the molecule is C=C(C)C1=CC(CCCBr)OC1. The third-order valence-corrected chi connectivity index (χ3v) is 2.57. The van der Waals surface area contributed by atoms with E-state index in [1.165, 1.54) is 12.0 Å². The molecule has 0 aromatic carbocycles. The van der Waals surface area contributed by atoms with Gasteiger partial charge in [-0.25, -0.2) is 0 Å². The first-order valence-electron chi connectivity index (χ1n) is 4.28. The van der Waals surface area contributed by atoms with Gasteiger partial charge in [0, 0.05) is 5.33 Å². The fraction of sp³-hybridized carbons (Fsp3) is 0.600. The Balaban J connectivity index is 2.36. The molecular formula is C10H15BrO.